The van der Waals surface area contributed by atoms with Crippen molar-refractivity contribution >= 4 is 28.2 Å². The molecule has 6 nitrogen and oxygen atoms in total. The van der Waals surface area contributed by atoms with Crippen LogP contribution in [-0.2, 0) is 6.42 Å². The van der Waals surface area contributed by atoms with Crippen LogP contribution in [-0.4, -0.2) is 24.2 Å². The van der Waals surface area contributed by atoms with Gasteiger partial charge in [0.05, 0.1) is 25.6 Å². The molecule has 0 aliphatic carbocycles. The molecule has 0 saturated carbocycles. The fraction of sp³-hybridized carbons (Fsp3) is 0.136. The molecule has 0 atom stereocenters. The molecule has 0 spiro atoms. The number of nitrogens with one attached hydrogen (secondary N) is 2. The summed E-state index contributed by atoms with van der Waals surface area (Å²) in [6.07, 6.45) is 2.73. The van der Waals surface area contributed by atoms with Gasteiger partial charge in [-0.25, -0.2) is 4.98 Å². The lowest BCUT2D eigenvalue weighted by Gasteiger charge is -2.09. The number of hydrogen-bond donors (Lipinski definition) is 3. The number of aromatic amines is 1. The number of nitrogens with zero attached hydrogens (tertiary/aromatic N) is 1. The Hall–Kier alpha value is -3.67. The Bertz CT molecular complexity index is 1100. The van der Waals surface area contributed by atoms with Gasteiger partial charge in [0.15, 0.2) is 0 Å². The molecule has 0 aliphatic heterocycles. The molecule has 2 aromatic carbocycles. The highest BCUT2D eigenvalue weighted by Gasteiger charge is 2.10. The van der Waals surface area contributed by atoms with Gasteiger partial charge in [-0.2, -0.15) is 0 Å². The monoisotopic (exact) mass is 374 g/mol. The number of methoxy groups -OCH3 is 2. The van der Waals surface area contributed by atoms with Crippen LogP contribution >= 0.6 is 0 Å². The highest BCUT2D eigenvalue weighted by atomic mass is 16.5. The fourth-order valence-electron chi connectivity index (χ4n) is 3.21. The van der Waals surface area contributed by atoms with Crippen LogP contribution in [0.4, 0.5) is 17.2 Å². The molecule has 0 aliphatic rings. The van der Waals surface area contributed by atoms with Crippen LogP contribution in [0.5, 0.6) is 11.5 Å². The highest BCUT2D eigenvalue weighted by Crippen LogP contribution is 2.28. The summed E-state index contributed by atoms with van der Waals surface area (Å²) >= 11 is 0. The van der Waals surface area contributed by atoms with E-state index < -0.39 is 0 Å². The van der Waals surface area contributed by atoms with Gasteiger partial charge in [-0.3, -0.25) is 0 Å². The van der Waals surface area contributed by atoms with Crippen LogP contribution in [0.2, 0.25) is 0 Å². The number of rotatable bonds is 6. The SMILES string of the molecule is COc1cc(Cc2c[nH]c3nc(Nc4ccccc4N)ccc23)cc(OC)c1. The molecule has 0 unspecified atom stereocenters. The van der Waals surface area contributed by atoms with Crippen molar-refractivity contribution in [2.24, 2.45) is 0 Å². The van der Waals surface area contributed by atoms with Gasteiger partial charge >= 0.3 is 0 Å². The minimum atomic E-state index is 0.684. The van der Waals surface area contributed by atoms with E-state index in [1.54, 1.807) is 14.2 Å². The number of nitrogens with two attached hydrogens (primary N) is 1. The molecule has 0 bridgehead atoms. The van der Waals surface area contributed by atoms with Gasteiger partial charge in [0.1, 0.15) is 23.0 Å². The molecular formula is C22H22N4O2. The van der Waals surface area contributed by atoms with Gasteiger partial charge in [-0.05, 0) is 53.9 Å². The summed E-state index contributed by atoms with van der Waals surface area (Å²) in [4.78, 5) is 7.93. The number of benzene rings is 2. The van der Waals surface area contributed by atoms with Crippen LogP contribution in [0.3, 0.4) is 0 Å². The van der Waals surface area contributed by atoms with E-state index in [1.807, 2.05) is 54.7 Å². The second kappa shape index (κ2) is 7.52. The zero-order valence-corrected chi connectivity index (χ0v) is 15.8. The summed E-state index contributed by atoms with van der Waals surface area (Å²) < 4.78 is 10.7. The lowest BCUT2D eigenvalue weighted by molar-refractivity contribution is 0.393. The molecule has 4 N–H and O–H groups in total. The largest absolute Gasteiger partial charge is 0.497 e. The molecule has 6 heteroatoms. The molecule has 0 radical (unpaired) electrons. The van der Waals surface area contributed by atoms with E-state index in [4.69, 9.17) is 15.2 Å². The standard InChI is InChI=1S/C22H22N4O2/c1-27-16-10-14(11-17(12-16)28-2)9-15-13-24-22-18(15)7-8-21(26-22)25-20-6-4-3-5-19(20)23/h3-8,10-13H,9,23H2,1-2H3,(H2,24,25,26). The molecular weight excluding hydrogens is 352 g/mol. The van der Waals surface area contributed by atoms with Crippen LogP contribution in [0.1, 0.15) is 11.1 Å². The van der Waals surface area contributed by atoms with E-state index >= 15 is 0 Å². The number of hydrogen-bond acceptors (Lipinski definition) is 5. The number of anilines is 3. The molecule has 28 heavy (non-hydrogen) atoms. The maximum Gasteiger partial charge on any atom is 0.140 e. The Morgan fingerprint density at radius 2 is 1.75 bits per heavy atom. The third-order valence-corrected chi connectivity index (χ3v) is 4.65. The topological polar surface area (TPSA) is 85.2 Å². The van der Waals surface area contributed by atoms with Crippen molar-refractivity contribution in [1.82, 2.24) is 9.97 Å². The molecule has 2 heterocycles. The molecule has 142 valence electrons. The summed E-state index contributed by atoms with van der Waals surface area (Å²) in [7, 11) is 3.31. The Labute approximate surface area is 163 Å². The third kappa shape index (κ3) is 3.57. The van der Waals surface area contributed by atoms with Gasteiger partial charge in [-0.1, -0.05) is 12.1 Å². The van der Waals surface area contributed by atoms with Crippen molar-refractivity contribution in [1.29, 1.82) is 0 Å². The predicted molar refractivity (Wildman–Crippen MR) is 113 cm³/mol. The van der Waals surface area contributed by atoms with Gasteiger partial charge in [0.25, 0.3) is 0 Å². The summed E-state index contributed by atoms with van der Waals surface area (Å²) in [6.45, 7) is 0. The van der Waals surface area contributed by atoms with E-state index in [-0.39, 0.29) is 0 Å². The maximum absolute atomic E-state index is 6.00. The second-order valence-corrected chi connectivity index (χ2v) is 6.52. The average molecular weight is 374 g/mol. The van der Waals surface area contributed by atoms with Gasteiger partial charge in [0.2, 0.25) is 0 Å². The first-order valence-corrected chi connectivity index (χ1v) is 8.97. The smallest absolute Gasteiger partial charge is 0.140 e. The number of aromatic nitrogens is 2. The van der Waals surface area contributed by atoms with Crippen molar-refractivity contribution < 1.29 is 9.47 Å². The number of H-pyrrole nitrogens is 1. The van der Waals surface area contributed by atoms with Gasteiger partial charge in [0, 0.05) is 17.6 Å². The van der Waals surface area contributed by atoms with Crippen LogP contribution in [0.25, 0.3) is 11.0 Å². The summed E-state index contributed by atoms with van der Waals surface area (Å²) in [5.74, 6) is 2.29. The third-order valence-electron chi connectivity index (χ3n) is 4.65. The van der Waals surface area contributed by atoms with Gasteiger partial charge < -0.3 is 25.5 Å². The predicted octanol–water partition coefficient (Wildman–Crippen LogP) is 4.50. The Kier molecular flexibility index (Phi) is 4.76. The van der Waals surface area contributed by atoms with Crippen LogP contribution in [0, 0.1) is 0 Å². The van der Waals surface area contributed by atoms with Crippen molar-refractivity contribution in [3.05, 3.63) is 71.9 Å². The quantitative estimate of drug-likeness (QED) is 0.433. The van der Waals surface area contributed by atoms with E-state index in [0.29, 0.717) is 5.69 Å². The number of ether oxygens (including phenoxy) is 2. The summed E-state index contributed by atoms with van der Waals surface area (Å²) in [5, 5.41) is 4.34. The van der Waals surface area contributed by atoms with E-state index in [1.165, 1.54) is 0 Å². The number of nitrogen functional groups attached to an aromatic ring is 1. The lowest BCUT2D eigenvalue weighted by atomic mass is 10.0. The molecule has 0 fully saturated rings. The second-order valence-electron chi connectivity index (χ2n) is 6.52. The molecule has 4 aromatic rings. The molecule has 0 amide bonds. The molecule has 0 saturated heterocycles. The number of fused-ring (bicyclic) bond motifs is 1. The normalized spacial score (nSPS) is 10.8. The minimum Gasteiger partial charge on any atom is -0.497 e. The van der Waals surface area contributed by atoms with Crippen LogP contribution < -0.4 is 20.5 Å². The average Bonchev–Trinajstić information content (AvgIpc) is 3.11. The number of pyridine rings is 1. The van der Waals surface area contributed by atoms with E-state index in [9.17, 15) is 0 Å². The lowest BCUT2D eigenvalue weighted by Crippen LogP contribution is -1.97. The first kappa shape index (κ1) is 17.7. The maximum atomic E-state index is 6.00. The zero-order chi connectivity index (χ0) is 19.5. The Morgan fingerprint density at radius 3 is 2.46 bits per heavy atom. The van der Waals surface area contributed by atoms with Crippen LogP contribution in [0.15, 0.2) is 60.8 Å². The summed E-state index contributed by atoms with van der Waals surface area (Å²) in [5.41, 5.74) is 10.6. The zero-order valence-electron chi connectivity index (χ0n) is 15.8. The van der Waals surface area contributed by atoms with Crippen molar-refractivity contribution in [3.8, 4) is 11.5 Å². The first-order valence-electron chi connectivity index (χ1n) is 8.97. The van der Waals surface area contributed by atoms with Crippen molar-refractivity contribution in [2.75, 3.05) is 25.3 Å². The van der Waals surface area contributed by atoms with Gasteiger partial charge in [-0.15, -0.1) is 0 Å². The Balaban J connectivity index is 1.61. The minimum absolute atomic E-state index is 0.684. The fourth-order valence-corrected chi connectivity index (χ4v) is 3.21. The first-order chi connectivity index (χ1) is 13.7. The molecule has 4 rings (SSSR count). The van der Waals surface area contributed by atoms with E-state index in [0.717, 1.165) is 51.6 Å². The number of para-hydroxylation sites is 2. The highest BCUT2D eigenvalue weighted by molar-refractivity contribution is 5.83. The van der Waals surface area contributed by atoms with E-state index in [2.05, 4.69) is 21.4 Å². The summed E-state index contributed by atoms with van der Waals surface area (Å²) in [6, 6.07) is 17.5. The Morgan fingerprint density at radius 1 is 1.00 bits per heavy atom. The van der Waals surface area contributed by atoms with Crippen molar-refractivity contribution in [2.45, 2.75) is 6.42 Å². The van der Waals surface area contributed by atoms with Crippen molar-refractivity contribution in [3.63, 3.8) is 0 Å². The molecule has 2 aromatic heterocycles.